The minimum Gasteiger partial charge on any atom is -0.275 e. The number of halogens is 12. The van der Waals surface area contributed by atoms with Crippen molar-refractivity contribution in [3.63, 3.8) is 0 Å². The molecule has 218 valence electrons. The number of hydrogen-bond acceptors (Lipinski definition) is 0. The molecule has 0 aromatic carbocycles. The van der Waals surface area contributed by atoms with Crippen molar-refractivity contribution in [2.75, 3.05) is 0 Å². The Balaban J connectivity index is 0.00000141. The van der Waals surface area contributed by atoms with Crippen LogP contribution in [0.1, 0.15) is 13.3 Å². The Bertz CT molecular complexity index is 1050. The first-order valence-electron chi connectivity index (χ1n) is 11.9. The first-order valence-corrected chi connectivity index (χ1v) is 11.9. The molecule has 0 heterocycles. The largest absolute Gasteiger partial charge is 0.275 e. The third kappa shape index (κ3) is 3.67. The van der Waals surface area contributed by atoms with E-state index in [2.05, 4.69) is 6.92 Å². The fraction of sp³-hybridized carbons (Fsp3) is 0.370. The van der Waals surface area contributed by atoms with Gasteiger partial charge in [-0.2, -0.15) is 0 Å². The number of rotatable bonds is 4. The smallest absolute Gasteiger partial charge is 0.271 e. The van der Waals surface area contributed by atoms with Gasteiger partial charge in [-0.15, -0.1) is 0 Å². The molecule has 4 aliphatic carbocycles. The Labute approximate surface area is 222 Å². The molecule has 0 bridgehead atoms. The van der Waals surface area contributed by atoms with Gasteiger partial charge in [0.1, 0.15) is 0 Å². The van der Waals surface area contributed by atoms with Crippen molar-refractivity contribution < 1.29 is 52.7 Å². The Morgan fingerprint density at radius 1 is 0.400 bits per heavy atom. The maximum atomic E-state index is 17.0. The molecule has 0 saturated heterocycles. The highest BCUT2D eigenvalue weighted by Gasteiger charge is 2.91. The molecule has 4 rings (SSSR count). The third-order valence-electron chi connectivity index (χ3n) is 7.59. The molecule has 0 nitrogen and oxygen atoms in total. The predicted molar refractivity (Wildman–Crippen MR) is 130 cm³/mol. The van der Waals surface area contributed by atoms with E-state index in [1.807, 2.05) is 6.92 Å². The van der Waals surface area contributed by atoms with Gasteiger partial charge in [-0.05, 0) is 31.2 Å². The van der Waals surface area contributed by atoms with Crippen molar-refractivity contribution in [2.24, 2.45) is 0 Å². The van der Waals surface area contributed by atoms with Crippen molar-refractivity contribution in [3.8, 4) is 0 Å². The van der Waals surface area contributed by atoms with Gasteiger partial charge in [-0.1, -0.05) is 72.9 Å². The van der Waals surface area contributed by atoms with Gasteiger partial charge in [-0.3, -0.25) is 17.6 Å². The SMILES string of the molecule is FC1(F)C=CC=CC1(F)[B-](C1(F)C=CC=CC1(F)F)(C1(F)C=CC=CC1(F)F)C1(F)C=CC=CC1(F)F.[CH2+]CC. The molecule has 0 radical (unpaired) electrons. The molecular weight excluding hydrogens is 563 g/mol. The summed E-state index contributed by atoms with van der Waals surface area (Å²) >= 11 is 0. The standard InChI is InChI=1S/C24H16BF12.C3H7/c26-17(9-1-5-13-21(17,30)31)25(18(27)10-2-6-14-22(18,32)33,19(28)11-3-7-15-23(19,34)35)20(29)12-4-8-16-24(20,36)37;1-3-2/h1-16H;1,3H2,2H3/q-1;+1. The minimum absolute atomic E-state index is 0.256. The van der Waals surface area contributed by atoms with Crippen LogP contribution in [-0.4, -0.2) is 52.1 Å². The zero-order valence-corrected chi connectivity index (χ0v) is 20.8. The second-order valence-electron chi connectivity index (χ2n) is 9.80. The van der Waals surface area contributed by atoms with Crippen LogP contribution < -0.4 is 0 Å². The Morgan fingerprint density at radius 3 is 0.700 bits per heavy atom. The molecule has 0 spiro atoms. The highest BCUT2D eigenvalue weighted by Crippen LogP contribution is 2.69. The quantitative estimate of drug-likeness (QED) is 0.176. The van der Waals surface area contributed by atoms with Gasteiger partial charge in [0, 0.05) is 0 Å². The monoisotopic (exact) mass is 586 g/mol. The van der Waals surface area contributed by atoms with E-state index in [1.165, 1.54) is 0 Å². The van der Waals surface area contributed by atoms with Gasteiger partial charge in [0.15, 0.2) is 0 Å². The van der Waals surface area contributed by atoms with Crippen molar-refractivity contribution >= 4 is 6.15 Å². The number of alkyl halides is 12. The molecular formula is C27H23BF12. The minimum atomic E-state index is -7.08. The summed E-state index contributed by atoms with van der Waals surface area (Å²) < 4.78 is 192. The predicted octanol–water partition coefficient (Wildman–Crippen LogP) is 8.70. The van der Waals surface area contributed by atoms with Gasteiger partial charge in [-0.25, -0.2) is 35.1 Å². The van der Waals surface area contributed by atoms with Crippen LogP contribution in [0.3, 0.4) is 0 Å². The van der Waals surface area contributed by atoms with E-state index >= 15 is 52.7 Å². The van der Waals surface area contributed by atoms with Crippen molar-refractivity contribution in [1.29, 1.82) is 0 Å². The van der Waals surface area contributed by atoms with Gasteiger partial charge in [0.25, 0.3) is 23.7 Å². The van der Waals surface area contributed by atoms with E-state index in [9.17, 15) is 0 Å². The maximum Gasteiger partial charge on any atom is 0.271 e. The summed E-state index contributed by atoms with van der Waals surface area (Å²) in [6, 6.07) is 0. The highest BCUT2D eigenvalue weighted by atomic mass is 19.3. The van der Waals surface area contributed by atoms with Gasteiger partial charge < -0.3 is 0 Å². The lowest BCUT2D eigenvalue weighted by molar-refractivity contribution is -0.120. The highest BCUT2D eigenvalue weighted by molar-refractivity contribution is 6.93. The summed E-state index contributed by atoms with van der Waals surface area (Å²) in [5.74, 6) is -21.8. The summed E-state index contributed by atoms with van der Waals surface area (Å²) in [5, 5.41) is 0. The Hall–Kier alpha value is -2.99. The summed E-state index contributed by atoms with van der Waals surface area (Å²) in [5.41, 5.74) is -22.2. The van der Waals surface area contributed by atoms with E-state index in [0.29, 0.717) is 24.3 Å². The van der Waals surface area contributed by atoms with E-state index in [1.54, 1.807) is 0 Å². The van der Waals surface area contributed by atoms with Crippen molar-refractivity contribution in [3.05, 3.63) is 104 Å². The average molecular weight is 586 g/mol. The summed E-state index contributed by atoms with van der Waals surface area (Å²) in [4.78, 5) is 0. The lowest BCUT2D eigenvalue weighted by Crippen LogP contribution is -2.95. The zero-order valence-electron chi connectivity index (χ0n) is 20.8. The lowest BCUT2D eigenvalue weighted by atomic mass is 8.98. The molecule has 4 aliphatic rings. The van der Waals surface area contributed by atoms with Gasteiger partial charge in [0.2, 0.25) is 6.15 Å². The molecule has 0 aliphatic heterocycles. The van der Waals surface area contributed by atoms with E-state index < -0.39 is 101 Å². The number of hydrogen-bond donors (Lipinski definition) is 0. The maximum absolute atomic E-state index is 17.0. The molecule has 0 aromatic heterocycles. The number of allylic oxidation sites excluding steroid dienone is 16. The van der Waals surface area contributed by atoms with E-state index in [-0.39, 0.29) is 24.3 Å². The Morgan fingerprint density at radius 2 is 0.550 bits per heavy atom. The molecule has 0 amide bonds. The first-order chi connectivity index (χ1) is 18.2. The molecule has 0 aromatic rings. The fourth-order valence-electron chi connectivity index (χ4n) is 6.01. The van der Waals surface area contributed by atoms with Gasteiger partial charge >= 0.3 is 0 Å². The van der Waals surface area contributed by atoms with Crippen LogP contribution in [0.25, 0.3) is 0 Å². The summed E-state index contributed by atoms with van der Waals surface area (Å²) in [7, 11) is 0. The second-order valence-corrected chi connectivity index (χ2v) is 9.80. The summed E-state index contributed by atoms with van der Waals surface area (Å²) in [6.45, 7) is 5.50. The van der Waals surface area contributed by atoms with Crippen LogP contribution >= 0.6 is 0 Å². The topological polar surface area (TPSA) is 0 Å². The Kier molecular flexibility index (Phi) is 7.53. The van der Waals surface area contributed by atoms with Gasteiger partial charge in [0.05, 0.1) is 35.6 Å². The fourth-order valence-corrected chi connectivity index (χ4v) is 6.01. The third-order valence-corrected chi connectivity index (χ3v) is 7.59. The van der Waals surface area contributed by atoms with Crippen LogP contribution in [0, 0.1) is 6.92 Å². The first kappa shape index (κ1) is 31.5. The molecule has 0 saturated carbocycles. The van der Waals surface area contributed by atoms with Crippen LogP contribution in [0.4, 0.5) is 52.7 Å². The normalized spacial score (nSPS) is 38.9. The molecule has 4 unspecified atom stereocenters. The second kappa shape index (κ2) is 9.55. The van der Waals surface area contributed by atoms with Crippen molar-refractivity contribution in [1.82, 2.24) is 0 Å². The molecule has 13 heteroatoms. The van der Waals surface area contributed by atoms with Crippen LogP contribution in [0.5, 0.6) is 0 Å². The molecule has 0 N–H and O–H groups in total. The van der Waals surface area contributed by atoms with E-state index in [0.717, 1.165) is 6.42 Å². The zero-order chi connectivity index (χ0) is 30.5. The van der Waals surface area contributed by atoms with Crippen LogP contribution in [0.2, 0.25) is 0 Å². The molecule has 4 atom stereocenters. The average Bonchev–Trinajstić information content (AvgIpc) is 2.83. The molecule has 0 fully saturated rings. The van der Waals surface area contributed by atoms with Crippen LogP contribution in [-0.2, 0) is 0 Å². The lowest BCUT2D eigenvalue weighted by Gasteiger charge is -2.70. The van der Waals surface area contributed by atoms with E-state index in [4.69, 9.17) is 0 Å². The van der Waals surface area contributed by atoms with Crippen molar-refractivity contribution in [2.45, 2.75) is 59.3 Å². The summed E-state index contributed by atoms with van der Waals surface area (Å²) in [6.07, 6.45) is -7.54. The van der Waals surface area contributed by atoms with Crippen LogP contribution in [0.15, 0.2) is 97.2 Å². The molecule has 40 heavy (non-hydrogen) atoms.